The van der Waals surface area contributed by atoms with Crippen LogP contribution in [0.2, 0.25) is 0 Å². The lowest BCUT2D eigenvalue weighted by atomic mass is 9.97. The molecule has 0 radical (unpaired) electrons. The molecule has 0 aromatic heterocycles. The first kappa shape index (κ1) is 13.3. The van der Waals surface area contributed by atoms with E-state index in [-0.39, 0.29) is 24.3 Å². The third kappa shape index (κ3) is 2.83. The number of hydrogen-bond donors (Lipinski definition) is 1. The highest BCUT2D eigenvalue weighted by Crippen LogP contribution is 2.18. The fourth-order valence-corrected chi connectivity index (χ4v) is 2.77. The predicted octanol–water partition coefficient (Wildman–Crippen LogP) is -0.0773. The Kier molecular flexibility index (Phi) is 4.22. The summed E-state index contributed by atoms with van der Waals surface area (Å²) >= 11 is 0. The smallest absolute Gasteiger partial charge is 0.242 e. The van der Waals surface area contributed by atoms with E-state index in [9.17, 15) is 9.59 Å². The predicted molar refractivity (Wildman–Crippen MR) is 69.0 cm³/mol. The Morgan fingerprint density at radius 3 is 2.50 bits per heavy atom. The standard InChI is InChI=1S/C13H23N3O2/c1-10-7-14-8-11(10)13(18)15(2)9-12(17)16-5-3-4-6-16/h10-11,14H,3-9H2,1-2H3/t10-,11-/m1/s1. The second-order valence-corrected chi connectivity index (χ2v) is 5.52. The van der Waals surface area contributed by atoms with Crippen molar-refractivity contribution in [1.29, 1.82) is 0 Å². The average Bonchev–Trinajstić information content (AvgIpc) is 2.98. The largest absolute Gasteiger partial charge is 0.341 e. The molecule has 18 heavy (non-hydrogen) atoms. The van der Waals surface area contributed by atoms with Crippen LogP contribution in [-0.4, -0.2) is 61.4 Å². The molecule has 2 amide bonds. The lowest BCUT2D eigenvalue weighted by Gasteiger charge is -2.24. The third-order valence-electron chi connectivity index (χ3n) is 4.04. The molecule has 0 saturated carbocycles. The molecular weight excluding hydrogens is 230 g/mol. The molecule has 0 unspecified atom stereocenters. The van der Waals surface area contributed by atoms with Crippen molar-refractivity contribution < 1.29 is 9.59 Å². The van der Waals surface area contributed by atoms with Crippen molar-refractivity contribution in [3.63, 3.8) is 0 Å². The van der Waals surface area contributed by atoms with Crippen LogP contribution in [0.25, 0.3) is 0 Å². The lowest BCUT2D eigenvalue weighted by Crippen LogP contribution is -2.43. The number of likely N-dealkylation sites (tertiary alicyclic amines) is 1. The van der Waals surface area contributed by atoms with Gasteiger partial charge in [0.15, 0.2) is 0 Å². The number of nitrogens with zero attached hydrogens (tertiary/aromatic N) is 2. The summed E-state index contributed by atoms with van der Waals surface area (Å²) in [5.41, 5.74) is 0. The summed E-state index contributed by atoms with van der Waals surface area (Å²) in [5.74, 6) is 0.574. The van der Waals surface area contributed by atoms with E-state index in [1.54, 1.807) is 11.9 Å². The van der Waals surface area contributed by atoms with Gasteiger partial charge in [-0.15, -0.1) is 0 Å². The Hall–Kier alpha value is -1.10. The normalized spacial score (nSPS) is 27.6. The van der Waals surface area contributed by atoms with E-state index in [2.05, 4.69) is 12.2 Å². The van der Waals surface area contributed by atoms with Gasteiger partial charge in [0.25, 0.3) is 0 Å². The quantitative estimate of drug-likeness (QED) is 0.765. The molecular formula is C13H23N3O2. The number of amides is 2. The van der Waals surface area contributed by atoms with Gasteiger partial charge in [0, 0.05) is 26.7 Å². The molecule has 0 bridgehead atoms. The highest BCUT2D eigenvalue weighted by molar-refractivity contribution is 5.86. The molecule has 2 heterocycles. The molecule has 2 rings (SSSR count). The van der Waals surface area contributed by atoms with Crippen LogP contribution in [0.15, 0.2) is 0 Å². The Bertz CT molecular complexity index is 326. The van der Waals surface area contributed by atoms with Crippen LogP contribution in [0.1, 0.15) is 19.8 Å². The SMILES string of the molecule is C[C@@H]1CNC[C@H]1C(=O)N(C)CC(=O)N1CCCC1. The highest BCUT2D eigenvalue weighted by Gasteiger charge is 2.32. The zero-order chi connectivity index (χ0) is 13.1. The molecule has 2 atom stereocenters. The fraction of sp³-hybridized carbons (Fsp3) is 0.846. The minimum absolute atomic E-state index is 0.0291. The van der Waals surface area contributed by atoms with Gasteiger partial charge in [0.1, 0.15) is 0 Å². The monoisotopic (exact) mass is 253 g/mol. The second-order valence-electron chi connectivity index (χ2n) is 5.52. The Morgan fingerprint density at radius 1 is 1.28 bits per heavy atom. The molecule has 1 N–H and O–H groups in total. The molecule has 2 aliphatic rings. The number of rotatable bonds is 3. The zero-order valence-electron chi connectivity index (χ0n) is 11.3. The average molecular weight is 253 g/mol. The van der Waals surface area contributed by atoms with E-state index in [0.717, 1.165) is 39.0 Å². The van der Waals surface area contributed by atoms with Crippen molar-refractivity contribution in [2.75, 3.05) is 39.8 Å². The van der Waals surface area contributed by atoms with Crippen LogP contribution >= 0.6 is 0 Å². The van der Waals surface area contributed by atoms with Gasteiger partial charge in [-0.25, -0.2) is 0 Å². The first-order valence-corrected chi connectivity index (χ1v) is 6.83. The maximum atomic E-state index is 12.2. The summed E-state index contributed by atoms with van der Waals surface area (Å²) in [6.07, 6.45) is 2.18. The minimum atomic E-state index is 0.0291. The Labute approximate surface area is 108 Å². The van der Waals surface area contributed by atoms with E-state index in [1.165, 1.54) is 0 Å². The lowest BCUT2D eigenvalue weighted by molar-refractivity contribution is -0.141. The van der Waals surface area contributed by atoms with Gasteiger partial charge < -0.3 is 15.1 Å². The van der Waals surface area contributed by atoms with Gasteiger partial charge in [0.2, 0.25) is 11.8 Å². The fourth-order valence-electron chi connectivity index (χ4n) is 2.77. The number of likely N-dealkylation sites (N-methyl/N-ethyl adjacent to an activating group) is 1. The molecule has 0 aliphatic carbocycles. The summed E-state index contributed by atoms with van der Waals surface area (Å²) < 4.78 is 0. The van der Waals surface area contributed by atoms with Gasteiger partial charge in [-0.2, -0.15) is 0 Å². The van der Waals surface area contributed by atoms with Crippen LogP contribution in [-0.2, 0) is 9.59 Å². The number of hydrogen-bond acceptors (Lipinski definition) is 3. The number of nitrogens with one attached hydrogen (secondary N) is 1. The van der Waals surface area contributed by atoms with Crippen LogP contribution in [0.3, 0.4) is 0 Å². The van der Waals surface area contributed by atoms with Crippen LogP contribution < -0.4 is 5.32 Å². The van der Waals surface area contributed by atoms with Gasteiger partial charge in [0.05, 0.1) is 12.5 Å². The second kappa shape index (κ2) is 5.69. The van der Waals surface area contributed by atoms with Crippen molar-refractivity contribution in [3.05, 3.63) is 0 Å². The number of carbonyl (C=O) groups is 2. The minimum Gasteiger partial charge on any atom is -0.341 e. The molecule has 0 aromatic rings. The van der Waals surface area contributed by atoms with Gasteiger partial charge in [-0.3, -0.25) is 9.59 Å². The van der Waals surface area contributed by atoms with Crippen LogP contribution in [0, 0.1) is 11.8 Å². The summed E-state index contributed by atoms with van der Waals surface area (Å²) in [6.45, 7) is 5.64. The summed E-state index contributed by atoms with van der Waals surface area (Å²) in [4.78, 5) is 27.6. The molecule has 2 aliphatic heterocycles. The molecule has 0 spiro atoms. The maximum Gasteiger partial charge on any atom is 0.242 e. The van der Waals surface area contributed by atoms with Crippen LogP contribution in [0.5, 0.6) is 0 Å². The van der Waals surface area contributed by atoms with Crippen molar-refractivity contribution >= 4 is 11.8 Å². The molecule has 0 aromatic carbocycles. The molecule has 5 heteroatoms. The number of carbonyl (C=O) groups excluding carboxylic acids is 2. The molecule has 102 valence electrons. The summed E-state index contributed by atoms with van der Waals surface area (Å²) in [5, 5.41) is 3.22. The topological polar surface area (TPSA) is 52.7 Å². The first-order valence-electron chi connectivity index (χ1n) is 6.83. The molecule has 5 nitrogen and oxygen atoms in total. The van der Waals surface area contributed by atoms with Crippen molar-refractivity contribution in [2.45, 2.75) is 19.8 Å². The Balaban J connectivity index is 1.84. The molecule has 2 saturated heterocycles. The van der Waals surface area contributed by atoms with E-state index >= 15 is 0 Å². The van der Waals surface area contributed by atoms with Crippen molar-refractivity contribution in [3.8, 4) is 0 Å². The van der Waals surface area contributed by atoms with E-state index in [1.807, 2.05) is 4.90 Å². The third-order valence-corrected chi connectivity index (χ3v) is 4.04. The van der Waals surface area contributed by atoms with E-state index < -0.39 is 0 Å². The summed E-state index contributed by atoms with van der Waals surface area (Å²) in [6, 6.07) is 0. The zero-order valence-corrected chi connectivity index (χ0v) is 11.3. The van der Waals surface area contributed by atoms with Crippen molar-refractivity contribution in [2.24, 2.45) is 11.8 Å². The van der Waals surface area contributed by atoms with Crippen LogP contribution in [0.4, 0.5) is 0 Å². The molecule has 2 fully saturated rings. The van der Waals surface area contributed by atoms with E-state index in [0.29, 0.717) is 5.92 Å². The van der Waals surface area contributed by atoms with Gasteiger partial charge >= 0.3 is 0 Å². The maximum absolute atomic E-state index is 12.2. The van der Waals surface area contributed by atoms with Gasteiger partial charge in [-0.1, -0.05) is 6.92 Å². The summed E-state index contributed by atoms with van der Waals surface area (Å²) in [7, 11) is 1.74. The van der Waals surface area contributed by atoms with Crippen molar-refractivity contribution in [1.82, 2.24) is 15.1 Å². The van der Waals surface area contributed by atoms with Gasteiger partial charge in [-0.05, 0) is 25.3 Å². The Morgan fingerprint density at radius 2 is 1.94 bits per heavy atom. The van der Waals surface area contributed by atoms with E-state index in [4.69, 9.17) is 0 Å². The highest BCUT2D eigenvalue weighted by atomic mass is 16.2. The first-order chi connectivity index (χ1) is 8.59.